The molecule has 0 unspecified atom stereocenters. The molecule has 0 N–H and O–H groups in total. The summed E-state index contributed by atoms with van der Waals surface area (Å²) in [4.78, 5) is 0. The van der Waals surface area contributed by atoms with Gasteiger partial charge < -0.3 is 42.0 Å². The second kappa shape index (κ2) is 24.0. The van der Waals surface area contributed by atoms with Crippen LogP contribution < -0.4 is 42.0 Å². The second-order valence-corrected chi connectivity index (χ2v) is 20.4. The van der Waals surface area contributed by atoms with Crippen LogP contribution in [0.15, 0.2) is 182 Å². The van der Waals surface area contributed by atoms with E-state index in [1.807, 2.05) is 226 Å². The predicted molar refractivity (Wildman–Crippen MR) is 304 cm³/mol. The van der Waals surface area contributed by atoms with Crippen molar-refractivity contribution in [3.05, 3.63) is 232 Å². The zero-order valence-corrected chi connectivity index (χ0v) is 45.9. The molecular formula is C66H63O10P. The van der Waals surface area contributed by atoms with E-state index < -0.39 is 7.82 Å². The lowest BCUT2D eigenvalue weighted by Crippen LogP contribution is -2.11. The van der Waals surface area contributed by atoms with Crippen molar-refractivity contribution in [3.8, 4) is 86.2 Å². The summed E-state index contributed by atoms with van der Waals surface area (Å²) in [5, 5.41) is 0. The third-order valence-corrected chi connectivity index (χ3v) is 14.0. The Balaban J connectivity index is 1.27. The molecule has 0 bridgehead atoms. The van der Waals surface area contributed by atoms with Crippen LogP contribution in [0.3, 0.4) is 0 Å². The third kappa shape index (κ3) is 13.3. The first-order chi connectivity index (χ1) is 37.2. The van der Waals surface area contributed by atoms with Gasteiger partial charge in [-0.2, -0.15) is 4.57 Å². The van der Waals surface area contributed by atoms with Crippen LogP contribution in [0.25, 0.3) is 0 Å². The predicted octanol–water partition coefficient (Wildman–Crippen LogP) is 19.6. The van der Waals surface area contributed by atoms with Crippen molar-refractivity contribution < 1.29 is 46.6 Å². The lowest BCUT2D eigenvalue weighted by molar-refractivity contribution is 0.280. The first-order valence-electron chi connectivity index (χ1n) is 25.9. The number of benzene rings is 9. The van der Waals surface area contributed by atoms with Crippen LogP contribution in [-0.2, 0) is 23.8 Å². The van der Waals surface area contributed by atoms with Crippen molar-refractivity contribution in [3.63, 3.8) is 0 Å². The highest BCUT2D eigenvalue weighted by Gasteiger charge is 2.40. The summed E-state index contributed by atoms with van der Waals surface area (Å²) >= 11 is 0. The molecule has 0 radical (unpaired) electrons. The van der Waals surface area contributed by atoms with E-state index in [0.29, 0.717) is 71.0 Å². The zero-order valence-electron chi connectivity index (χ0n) is 45.0. The highest BCUT2D eigenvalue weighted by Crippen LogP contribution is 2.60. The highest BCUT2D eigenvalue weighted by molar-refractivity contribution is 7.49. The van der Waals surface area contributed by atoms with Gasteiger partial charge in [-0.25, -0.2) is 0 Å². The number of phosphoric ester groups is 1. The fourth-order valence-electron chi connectivity index (χ4n) is 8.19. The lowest BCUT2D eigenvalue weighted by atomic mass is 10.1. The standard InChI is InChI=1S/C66H63O10P/c1-10-49-25-40-58(64(71-55-34-19-46(7)20-35-55)61(49)68-52-28-13-43(4)14-29-52)74-77(67,75-59-41-26-50(11-2)62(69-53-30-15-44(5)16-31-53)65(59)72-56-36-21-47(8)22-37-56)76-60-42-27-51(12-3)63(70-54-32-17-45(6)18-33-54)66(60)73-57-38-23-48(9)24-39-57/h13-42H,10-12H2,1-9H3. The molecule has 0 aliphatic rings. The average Bonchev–Trinajstić information content (AvgIpc) is 3.43. The maximum absolute atomic E-state index is 16.7. The van der Waals surface area contributed by atoms with Crippen molar-refractivity contribution in [2.24, 2.45) is 0 Å². The van der Waals surface area contributed by atoms with Gasteiger partial charge in [0.1, 0.15) is 34.5 Å². The number of aryl methyl sites for hydroxylation is 9. The van der Waals surface area contributed by atoms with E-state index in [9.17, 15) is 0 Å². The van der Waals surface area contributed by atoms with Gasteiger partial charge in [0.25, 0.3) is 0 Å². The van der Waals surface area contributed by atoms with E-state index in [4.69, 9.17) is 42.0 Å². The van der Waals surface area contributed by atoms with Crippen molar-refractivity contribution in [2.45, 2.75) is 81.6 Å². The van der Waals surface area contributed by atoms with Crippen LogP contribution in [0.4, 0.5) is 0 Å². The summed E-state index contributed by atoms with van der Waals surface area (Å²) in [6, 6.07) is 56.3. The van der Waals surface area contributed by atoms with Crippen LogP contribution in [0.5, 0.6) is 86.2 Å². The first kappa shape index (κ1) is 53.2. The van der Waals surface area contributed by atoms with E-state index in [2.05, 4.69) is 0 Å². The summed E-state index contributed by atoms with van der Waals surface area (Å²) in [6.45, 7) is 18.1. The number of phosphoric acid groups is 1. The molecule has 0 fully saturated rings. The highest BCUT2D eigenvalue weighted by atomic mass is 31.2. The molecule has 0 aromatic heterocycles. The van der Waals surface area contributed by atoms with Gasteiger partial charge in [-0.3, -0.25) is 0 Å². The van der Waals surface area contributed by atoms with Gasteiger partial charge in [0.15, 0.2) is 34.5 Å². The van der Waals surface area contributed by atoms with E-state index in [0.717, 1.165) is 50.1 Å². The molecule has 9 rings (SSSR count). The molecule has 9 aromatic rings. The van der Waals surface area contributed by atoms with Gasteiger partial charge >= 0.3 is 7.82 Å². The average molecular weight is 1050 g/mol. The van der Waals surface area contributed by atoms with Gasteiger partial charge in [-0.15, -0.1) is 0 Å². The molecule has 0 amide bonds. The smallest absolute Gasteiger partial charge is 0.453 e. The third-order valence-electron chi connectivity index (χ3n) is 12.7. The molecular weight excluding hydrogens is 984 g/mol. The van der Waals surface area contributed by atoms with Crippen molar-refractivity contribution in [1.82, 2.24) is 0 Å². The maximum atomic E-state index is 16.7. The SMILES string of the molecule is CCc1ccc(OP(=O)(Oc2ccc(CC)c(Oc3ccc(C)cc3)c2Oc2ccc(C)cc2)Oc2ccc(CC)c(Oc3ccc(C)cc3)c2Oc2ccc(C)cc2)c(Oc2ccc(C)cc2)c1Oc1ccc(C)cc1. The molecule has 9 aromatic carbocycles. The van der Waals surface area contributed by atoms with Crippen LogP contribution in [-0.4, -0.2) is 0 Å². The molecule has 0 spiro atoms. The van der Waals surface area contributed by atoms with Gasteiger partial charge in [-0.1, -0.05) is 145 Å². The van der Waals surface area contributed by atoms with Crippen LogP contribution in [0.2, 0.25) is 0 Å². The molecule has 0 heterocycles. The van der Waals surface area contributed by atoms with E-state index in [1.165, 1.54) is 0 Å². The Hall–Kier alpha value is -8.59. The minimum atomic E-state index is -5.11. The Morgan fingerprint density at radius 2 is 0.442 bits per heavy atom. The Labute approximate surface area is 452 Å². The van der Waals surface area contributed by atoms with Gasteiger partial charge in [-0.05, 0) is 168 Å². The van der Waals surface area contributed by atoms with Gasteiger partial charge in [0, 0.05) is 0 Å². The molecule has 0 saturated carbocycles. The molecule has 392 valence electrons. The summed E-state index contributed by atoms with van der Waals surface area (Å²) in [5.74, 6) is 4.45. The van der Waals surface area contributed by atoms with Gasteiger partial charge in [0.2, 0.25) is 17.2 Å². The zero-order chi connectivity index (χ0) is 54.1. The largest absolute Gasteiger partial charge is 0.647 e. The Kier molecular flexibility index (Phi) is 16.6. The van der Waals surface area contributed by atoms with Crippen LogP contribution >= 0.6 is 7.82 Å². The summed E-state index contributed by atoms with van der Waals surface area (Å²) in [7, 11) is -5.11. The Morgan fingerprint density at radius 3 is 0.623 bits per heavy atom. The normalized spacial score (nSPS) is 11.1. The number of ether oxygens (including phenoxy) is 6. The van der Waals surface area contributed by atoms with Gasteiger partial charge in [0.05, 0.1) is 0 Å². The number of hydrogen-bond acceptors (Lipinski definition) is 10. The maximum Gasteiger partial charge on any atom is 0.647 e. The fourth-order valence-corrected chi connectivity index (χ4v) is 9.46. The van der Waals surface area contributed by atoms with Crippen molar-refractivity contribution in [2.75, 3.05) is 0 Å². The molecule has 0 aliphatic heterocycles. The molecule has 11 heteroatoms. The Bertz CT molecular complexity index is 3130. The summed E-state index contributed by atoms with van der Waals surface area (Å²) in [6.07, 6.45) is 1.66. The minimum Gasteiger partial charge on any atom is -0.453 e. The van der Waals surface area contributed by atoms with E-state index >= 15 is 4.57 Å². The fraction of sp³-hybridized carbons (Fsp3) is 0.182. The molecule has 0 atom stereocenters. The van der Waals surface area contributed by atoms with Crippen molar-refractivity contribution in [1.29, 1.82) is 0 Å². The molecule has 10 nitrogen and oxygen atoms in total. The summed E-state index contributed by atoms with van der Waals surface area (Å²) in [5.41, 5.74) is 8.66. The van der Waals surface area contributed by atoms with Crippen LogP contribution in [0.1, 0.15) is 70.8 Å². The second-order valence-electron chi connectivity index (χ2n) is 18.9. The molecule has 0 saturated heterocycles. The molecule has 77 heavy (non-hydrogen) atoms. The van der Waals surface area contributed by atoms with Crippen LogP contribution in [0, 0.1) is 41.5 Å². The first-order valence-corrected chi connectivity index (χ1v) is 27.3. The quantitative estimate of drug-likeness (QED) is 0.0647. The van der Waals surface area contributed by atoms with Crippen molar-refractivity contribution >= 4 is 7.82 Å². The summed E-state index contributed by atoms with van der Waals surface area (Å²) < 4.78 is 77.7. The minimum absolute atomic E-state index is 0.0159. The van der Waals surface area contributed by atoms with E-state index in [-0.39, 0.29) is 34.5 Å². The topological polar surface area (TPSA) is 100 Å². The molecule has 0 aliphatic carbocycles. The number of hydrogen-bond donors (Lipinski definition) is 0. The lowest BCUT2D eigenvalue weighted by Gasteiger charge is -2.26. The Morgan fingerprint density at radius 1 is 0.260 bits per heavy atom. The van der Waals surface area contributed by atoms with E-state index in [1.54, 1.807) is 18.2 Å². The monoisotopic (exact) mass is 1050 g/mol. The number of rotatable bonds is 21.